The van der Waals surface area contributed by atoms with Gasteiger partial charge in [0.1, 0.15) is 23.2 Å². The fraction of sp³-hybridized carbons (Fsp3) is 0. The van der Waals surface area contributed by atoms with Gasteiger partial charge in [0.15, 0.2) is 5.69 Å². The van der Waals surface area contributed by atoms with Gasteiger partial charge in [-0.3, -0.25) is 0 Å². The van der Waals surface area contributed by atoms with E-state index in [1.807, 2.05) is 0 Å². The number of nitrogen functional groups attached to an aromatic ring is 1. The van der Waals surface area contributed by atoms with Gasteiger partial charge in [0, 0.05) is 0 Å². The van der Waals surface area contributed by atoms with Crippen molar-refractivity contribution in [2.45, 2.75) is 0 Å². The van der Waals surface area contributed by atoms with Crippen molar-refractivity contribution in [3.05, 3.63) is 17.0 Å². The van der Waals surface area contributed by atoms with Crippen molar-refractivity contribution < 1.29 is 0 Å². The number of hydrogen-bond donors (Lipinski definition) is 1. The average molecular weight is 155 g/mol. The number of nitriles is 1. The zero-order valence-electron chi connectivity index (χ0n) is 4.87. The number of nitrogens with two attached hydrogens (primary N) is 1. The largest absolute Gasteiger partial charge is 0.382 e. The Balaban J connectivity index is 3.31. The van der Waals surface area contributed by atoms with Gasteiger partial charge in [-0.15, -0.1) is 0 Å². The molecular weight excluding hydrogens is 152 g/mol. The Bertz CT molecular complexity index is 290. The Morgan fingerprint density at radius 3 is 2.80 bits per heavy atom. The van der Waals surface area contributed by atoms with E-state index in [1.165, 1.54) is 6.33 Å². The highest BCUT2D eigenvalue weighted by Crippen LogP contribution is 2.16. The lowest BCUT2D eigenvalue weighted by atomic mass is 10.4. The lowest BCUT2D eigenvalue weighted by molar-refractivity contribution is 1.15. The molecule has 0 aromatic carbocycles. The van der Waals surface area contributed by atoms with Crippen molar-refractivity contribution in [3.8, 4) is 6.07 Å². The van der Waals surface area contributed by atoms with E-state index >= 15 is 0 Å². The van der Waals surface area contributed by atoms with Crippen molar-refractivity contribution in [1.29, 1.82) is 5.26 Å². The Morgan fingerprint density at radius 1 is 1.60 bits per heavy atom. The lowest BCUT2D eigenvalue weighted by Gasteiger charge is -1.94. The fourth-order valence-electron chi connectivity index (χ4n) is 0.461. The SMILES string of the molecule is N#Cc1ncnc(N)c1Cl. The molecular formula is C5H3ClN4. The van der Waals surface area contributed by atoms with Crippen LogP contribution >= 0.6 is 11.6 Å². The molecule has 4 nitrogen and oxygen atoms in total. The molecule has 0 amide bonds. The number of nitrogens with zero attached hydrogens (tertiary/aromatic N) is 3. The molecule has 5 heteroatoms. The Hall–Kier alpha value is -1.34. The maximum atomic E-state index is 8.36. The molecule has 0 radical (unpaired) electrons. The van der Waals surface area contributed by atoms with Crippen molar-refractivity contribution in [2.75, 3.05) is 5.73 Å². The summed E-state index contributed by atoms with van der Waals surface area (Å²) in [5, 5.41) is 8.48. The Labute approximate surface area is 62.3 Å². The van der Waals surface area contributed by atoms with E-state index in [0.717, 1.165) is 0 Å². The minimum Gasteiger partial charge on any atom is -0.382 e. The van der Waals surface area contributed by atoms with Crippen molar-refractivity contribution in [3.63, 3.8) is 0 Å². The van der Waals surface area contributed by atoms with Crippen molar-refractivity contribution in [1.82, 2.24) is 9.97 Å². The normalized spacial score (nSPS) is 8.80. The highest BCUT2D eigenvalue weighted by atomic mass is 35.5. The zero-order valence-corrected chi connectivity index (χ0v) is 5.63. The van der Waals surface area contributed by atoms with E-state index in [2.05, 4.69) is 9.97 Å². The number of halogens is 1. The number of anilines is 1. The second kappa shape index (κ2) is 2.50. The molecule has 1 heterocycles. The van der Waals surface area contributed by atoms with Gasteiger partial charge in [-0.05, 0) is 0 Å². The van der Waals surface area contributed by atoms with E-state index in [-0.39, 0.29) is 16.5 Å². The molecule has 0 saturated carbocycles. The van der Waals surface area contributed by atoms with Crippen LogP contribution in [0.1, 0.15) is 5.69 Å². The summed E-state index contributed by atoms with van der Waals surface area (Å²) in [6.45, 7) is 0. The van der Waals surface area contributed by atoms with E-state index in [4.69, 9.17) is 22.6 Å². The minimum absolute atomic E-state index is 0.106. The van der Waals surface area contributed by atoms with Crippen LogP contribution in [-0.2, 0) is 0 Å². The summed E-state index contributed by atoms with van der Waals surface area (Å²) in [6.07, 6.45) is 1.19. The van der Waals surface area contributed by atoms with Crippen LogP contribution in [0.25, 0.3) is 0 Å². The molecule has 1 aromatic heterocycles. The first-order chi connectivity index (χ1) is 4.75. The van der Waals surface area contributed by atoms with Crippen LogP contribution in [0, 0.1) is 11.3 Å². The standard InChI is InChI=1S/C5H3ClN4/c6-4-3(1-7)9-2-10-5(4)8/h2H,(H2,8,9,10). The van der Waals surface area contributed by atoms with Gasteiger partial charge < -0.3 is 5.73 Å². The summed E-state index contributed by atoms with van der Waals surface area (Å²) < 4.78 is 0. The smallest absolute Gasteiger partial charge is 0.164 e. The van der Waals surface area contributed by atoms with Gasteiger partial charge in [-0.1, -0.05) is 11.6 Å². The van der Waals surface area contributed by atoms with Gasteiger partial charge >= 0.3 is 0 Å². The maximum absolute atomic E-state index is 8.36. The summed E-state index contributed by atoms with van der Waals surface area (Å²) in [7, 11) is 0. The van der Waals surface area contributed by atoms with E-state index in [0.29, 0.717) is 0 Å². The predicted molar refractivity (Wildman–Crippen MR) is 36.2 cm³/mol. The zero-order chi connectivity index (χ0) is 7.56. The van der Waals surface area contributed by atoms with Gasteiger partial charge in [0.25, 0.3) is 0 Å². The molecule has 0 atom stereocenters. The van der Waals surface area contributed by atoms with Crippen LogP contribution in [0.4, 0.5) is 5.82 Å². The third-order valence-electron chi connectivity index (χ3n) is 0.922. The third kappa shape index (κ3) is 0.993. The summed E-state index contributed by atoms with van der Waals surface area (Å²) >= 11 is 5.52. The molecule has 0 spiro atoms. The molecule has 0 aliphatic heterocycles. The minimum atomic E-state index is 0.106. The second-order valence-corrected chi connectivity index (χ2v) is 1.91. The molecule has 0 aliphatic rings. The number of rotatable bonds is 0. The summed E-state index contributed by atoms with van der Waals surface area (Å²) in [5.41, 5.74) is 5.37. The summed E-state index contributed by atoms with van der Waals surface area (Å²) in [6, 6.07) is 1.77. The van der Waals surface area contributed by atoms with Gasteiger partial charge in [-0.25, -0.2) is 9.97 Å². The van der Waals surface area contributed by atoms with Gasteiger partial charge in [0.2, 0.25) is 0 Å². The van der Waals surface area contributed by atoms with Gasteiger partial charge in [-0.2, -0.15) is 5.26 Å². The van der Waals surface area contributed by atoms with E-state index in [1.54, 1.807) is 6.07 Å². The third-order valence-corrected chi connectivity index (χ3v) is 1.29. The topological polar surface area (TPSA) is 75.6 Å². The quantitative estimate of drug-likeness (QED) is 0.593. The van der Waals surface area contributed by atoms with Crippen LogP contribution in [0.5, 0.6) is 0 Å². The molecule has 0 bridgehead atoms. The monoisotopic (exact) mass is 154 g/mol. The fourth-order valence-corrected chi connectivity index (χ4v) is 0.601. The average Bonchev–Trinajstić information content (AvgIpc) is 1.95. The van der Waals surface area contributed by atoms with Crippen LogP contribution in [-0.4, -0.2) is 9.97 Å². The van der Waals surface area contributed by atoms with Crippen LogP contribution in [0.15, 0.2) is 6.33 Å². The molecule has 50 valence electrons. The molecule has 1 rings (SSSR count). The van der Waals surface area contributed by atoms with Gasteiger partial charge in [0.05, 0.1) is 0 Å². The predicted octanol–water partition coefficient (Wildman–Crippen LogP) is 0.584. The molecule has 0 fully saturated rings. The molecule has 0 saturated heterocycles. The first-order valence-electron chi connectivity index (χ1n) is 2.41. The second-order valence-electron chi connectivity index (χ2n) is 1.53. The first-order valence-corrected chi connectivity index (χ1v) is 2.79. The van der Waals surface area contributed by atoms with E-state index in [9.17, 15) is 0 Å². The van der Waals surface area contributed by atoms with Crippen LogP contribution in [0.2, 0.25) is 5.02 Å². The molecule has 2 N–H and O–H groups in total. The highest BCUT2D eigenvalue weighted by Gasteiger charge is 2.03. The van der Waals surface area contributed by atoms with E-state index < -0.39 is 0 Å². The Morgan fingerprint density at radius 2 is 2.30 bits per heavy atom. The molecule has 0 unspecified atom stereocenters. The molecule has 10 heavy (non-hydrogen) atoms. The Kier molecular flexibility index (Phi) is 1.69. The highest BCUT2D eigenvalue weighted by molar-refractivity contribution is 6.33. The lowest BCUT2D eigenvalue weighted by Crippen LogP contribution is -1.94. The molecule has 1 aromatic rings. The summed E-state index contributed by atoms with van der Waals surface area (Å²) in [4.78, 5) is 7.14. The maximum Gasteiger partial charge on any atom is 0.164 e. The van der Waals surface area contributed by atoms with Crippen LogP contribution in [0.3, 0.4) is 0 Å². The number of aromatic nitrogens is 2. The van der Waals surface area contributed by atoms with Crippen molar-refractivity contribution >= 4 is 17.4 Å². The number of hydrogen-bond acceptors (Lipinski definition) is 4. The molecule has 0 aliphatic carbocycles. The first kappa shape index (κ1) is 6.78. The van der Waals surface area contributed by atoms with Crippen LogP contribution < -0.4 is 5.73 Å². The summed E-state index contributed by atoms with van der Waals surface area (Å²) in [5.74, 6) is 0.133. The van der Waals surface area contributed by atoms with Crippen molar-refractivity contribution in [2.24, 2.45) is 0 Å².